The van der Waals surface area contributed by atoms with Crippen LogP contribution in [0.25, 0.3) is 10.6 Å². The molecule has 0 bridgehead atoms. The van der Waals surface area contributed by atoms with Gasteiger partial charge in [0.25, 0.3) is 0 Å². The van der Waals surface area contributed by atoms with E-state index in [4.69, 9.17) is 15.2 Å². The van der Waals surface area contributed by atoms with E-state index in [0.29, 0.717) is 35.2 Å². The van der Waals surface area contributed by atoms with Crippen LogP contribution in [0.2, 0.25) is 0 Å². The minimum atomic E-state index is -0.0821. The van der Waals surface area contributed by atoms with Crippen molar-refractivity contribution < 1.29 is 14.3 Å². The number of aryl methyl sites for hydroxylation is 1. The number of rotatable bonds is 7. The highest BCUT2D eigenvalue weighted by atomic mass is 32.1. The van der Waals surface area contributed by atoms with E-state index in [9.17, 15) is 4.79 Å². The van der Waals surface area contributed by atoms with Gasteiger partial charge in [-0.1, -0.05) is 6.07 Å². The molecule has 2 heterocycles. The van der Waals surface area contributed by atoms with E-state index in [-0.39, 0.29) is 5.91 Å². The molecule has 0 unspecified atom stereocenters. The fraction of sp³-hybridized carbons (Fsp3) is 0.222. The summed E-state index contributed by atoms with van der Waals surface area (Å²) in [5.74, 6) is 1.10. The minimum absolute atomic E-state index is 0.0821. The van der Waals surface area contributed by atoms with Gasteiger partial charge >= 0.3 is 0 Å². The van der Waals surface area contributed by atoms with Gasteiger partial charge in [-0.05, 0) is 30.0 Å². The number of anilines is 2. The molecule has 1 aromatic carbocycles. The van der Waals surface area contributed by atoms with E-state index in [1.807, 2.05) is 17.5 Å². The summed E-state index contributed by atoms with van der Waals surface area (Å²) in [4.78, 5) is 18.8. The summed E-state index contributed by atoms with van der Waals surface area (Å²) in [5.41, 5.74) is 7.40. The Balaban J connectivity index is 1.65. The maximum absolute atomic E-state index is 12.3. The SMILES string of the molecule is COc1ccc(NC(=O)CCc2sc(N)nc2-c2cccs2)cc1OC. The number of aromatic nitrogens is 1. The van der Waals surface area contributed by atoms with Crippen molar-refractivity contribution in [2.75, 3.05) is 25.3 Å². The molecular formula is C18H19N3O3S2. The summed E-state index contributed by atoms with van der Waals surface area (Å²) in [6.07, 6.45) is 0.926. The Bertz CT molecular complexity index is 891. The van der Waals surface area contributed by atoms with Gasteiger partial charge in [-0.3, -0.25) is 4.79 Å². The van der Waals surface area contributed by atoms with Gasteiger partial charge in [-0.15, -0.1) is 22.7 Å². The Morgan fingerprint density at radius 1 is 1.23 bits per heavy atom. The van der Waals surface area contributed by atoms with Crippen LogP contribution in [0.4, 0.5) is 10.8 Å². The van der Waals surface area contributed by atoms with Crippen molar-refractivity contribution in [1.29, 1.82) is 0 Å². The molecule has 0 radical (unpaired) electrons. The lowest BCUT2D eigenvalue weighted by atomic mass is 10.2. The first-order valence-electron chi connectivity index (χ1n) is 7.91. The van der Waals surface area contributed by atoms with Gasteiger partial charge in [-0.25, -0.2) is 4.98 Å². The Labute approximate surface area is 159 Å². The molecule has 3 aromatic rings. The van der Waals surface area contributed by atoms with Crippen molar-refractivity contribution in [2.45, 2.75) is 12.8 Å². The Hall–Kier alpha value is -2.58. The van der Waals surface area contributed by atoms with E-state index < -0.39 is 0 Å². The van der Waals surface area contributed by atoms with Crippen molar-refractivity contribution in [3.63, 3.8) is 0 Å². The second-order valence-electron chi connectivity index (χ2n) is 5.42. The van der Waals surface area contributed by atoms with E-state index in [0.717, 1.165) is 15.4 Å². The Morgan fingerprint density at radius 3 is 2.73 bits per heavy atom. The van der Waals surface area contributed by atoms with Crippen LogP contribution < -0.4 is 20.5 Å². The van der Waals surface area contributed by atoms with E-state index >= 15 is 0 Å². The number of nitrogens with one attached hydrogen (secondary N) is 1. The number of nitrogens with two attached hydrogens (primary N) is 1. The highest BCUT2D eigenvalue weighted by Gasteiger charge is 2.14. The average molecular weight is 390 g/mol. The molecule has 3 N–H and O–H groups in total. The van der Waals surface area contributed by atoms with E-state index in [2.05, 4.69) is 10.3 Å². The molecule has 8 heteroatoms. The number of carbonyl (C=O) groups is 1. The molecule has 2 aromatic heterocycles. The first-order chi connectivity index (χ1) is 12.6. The monoisotopic (exact) mass is 389 g/mol. The Kier molecular flexibility index (Phi) is 5.75. The minimum Gasteiger partial charge on any atom is -0.493 e. The van der Waals surface area contributed by atoms with E-state index in [1.165, 1.54) is 11.3 Å². The number of hydrogen-bond donors (Lipinski definition) is 2. The number of carbonyl (C=O) groups excluding carboxylic acids is 1. The van der Waals surface area contributed by atoms with Crippen molar-refractivity contribution in [3.8, 4) is 22.1 Å². The second kappa shape index (κ2) is 8.20. The number of amides is 1. The fourth-order valence-corrected chi connectivity index (χ4v) is 4.16. The summed E-state index contributed by atoms with van der Waals surface area (Å²) in [5, 5.41) is 5.40. The van der Waals surface area contributed by atoms with Gasteiger partial charge in [0.2, 0.25) is 5.91 Å². The number of thiazole rings is 1. The molecule has 0 saturated carbocycles. The van der Waals surface area contributed by atoms with Gasteiger partial charge in [0.1, 0.15) is 0 Å². The van der Waals surface area contributed by atoms with E-state index in [1.54, 1.807) is 43.8 Å². The number of thiophene rings is 1. The van der Waals surface area contributed by atoms with Gasteiger partial charge < -0.3 is 20.5 Å². The predicted octanol–water partition coefficient (Wildman–Crippen LogP) is 4.04. The molecule has 0 atom stereocenters. The van der Waals surface area contributed by atoms with Crippen LogP contribution >= 0.6 is 22.7 Å². The van der Waals surface area contributed by atoms with Gasteiger partial charge in [-0.2, -0.15) is 0 Å². The first-order valence-corrected chi connectivity index (χ1v) is 9.61. The van der Waals surface area contributed by atoms with Crippen LogP contribution in [0.3, 0.4) is 0 Å². The average Bonchev–Trinajstić information content (AvgIpc) is 3.29. The van der Waals surface area contributed by atoms with Crippen molar-refractivity contribution >= 4 is 39.4 Å². The molecular weight excluding hydrogens is 370 g/mol. The molecule has 0 saturated heterocycles. The maximum Gasteiger partial charge on any atom is 0.224 e. The fourth-order valence-electron chi connectivity index (χ4n) is 2.51. The maximum atomic E-state index is 12.3. The third-order valence-corrected chi connectivity index (χ3v) is 5.54. The van der Waals surface area contributed by atoms with Crippen LogP contribution in [0.15, 0.2) is 35.7 Å². The van der Waals surface area contributed by atoms with Crippen LogP contribution in [0, 0.1) is 0 Å². The van der Waals surface area contributed by atoms with Crippen molar-refractivity contribution in [1.82, 2.24) is 4.98 Å². The number of nitrogens with zero attached hydrogens (tertiary/aromatic N) is 1. The highest BCUT2D eigenvalue weighted by molar-refractivity contribution is 7.17. The standard InChI is InChI=1S/C18H19N3O3S2/c1-23-12-6-5-11(10-13(12)24-2)20-16(22)8-7-15-17(21-18(19)26-15)14-4-3-9-25-14/h3-6,9-10H,7-8H2,1-2H3,(H2,19,21)(H,20,22). The number of benzene rings is 1. The molecule has 6 nitrogen and oxygen atoms in total. The molecule has 136 valence electrons. The number of nitrogen functional groups attached to an aromatic ring is 1. The normalized spacial score (nSPS) is 10.5. The van der Waals surface area contributed by atoms with Gasteiger partial charge in [0, 0.05) is 23.1 Å². The predicted molar refractivity (Wildman–Crippen MR) is 106 cm³/mol. The zero-order valence-corrected chi connectivity index (χ0v) is 16.1. The third-order valence-electron chi connectivity index (χ3n) is 3.71. The number of hydrogen-bond acceptors (Lipinski definition) is 7. The van der Waals surface area contributed by atoms with Gasteiger partial charge in [0.15, 0.2) is 16.6 Å². The summed E-state index contributed by atoms with van der Waals surface area (Å²) in [6, 6.07) is 9.25. The zero-order valence-electron chi connectivity index (χ0n) is 14.4. The topological polar surface area (TPSA) is 86.5 Å². The van der Waals surface area contributed by atoms with Crippen LogP contribution in [-0.4, -0.2) is 25.1 Å². The summed E-state index contributed by atoms with van der Waals surface area (Å²) < 4.78 is 10.5. The van der Waals surface area contributed by atoms with Crippen molar-refractivity contribution in [3.05, 3.63) is 40.6 Å². The third kappa shape index (κ3) is 4.14. The quantitative estimate of drug-likeness (QED) is 0.637. The zero-order chi connectivity index (χ0) is 18.5. The number of methoxy groups -OCH3 is 2. The molecule has 3 rings (SSSR count). The van der Waals surface area contributed by atoms with Gasteiger partial charge in [0.05, 0.1) is 24.8 Å². The Morgan fingerprint density at radius 2 is 2.04 bits per heavy atom. The lowest BCUT2D eigenvalue weighted by Crippen LogP contribution is -2.12. The lowest BCUT2D eigenvalue weighted by molar-refractivity contribution is -0.116. The summed E-state index contributed by atoms with van der Waals surface area (Å²) >= 11 is 3.04. The van der Waals surface area contributed by atoms with Crippen molar-refractivity contribution in [2.24, 2.45) is 0 Å². The second-order valence-corrected chi connectivity index (χ2v) is 7.48. The molecule has 0 aliphatic carbocycles. The first kappa shape index (κ1) is 18.2. The van der Waals surface area contributed by atoms with Crippen LogP contribution in [0.1, 0.15) is 11.3 Å². The molecule has 0 spiro atoms. The molecule has 0 aliphatic heterocycles. The highest BCUT2D eigenvalue weighted by Crippen LogP contribution is 2.33. The van der Waals surface area contributed by atoms with Crippen LogP contribution in [0.5, 0.6) is 11.5 Å². The number of ether oxygens (including phenoxy) is 2. The molecule has 0 fully saturated rings. The molecule has 26 heavy (non-hydrogen) atoms. The summed E-state index contributed by atoms with van der Waals surface area (Å²) in [7, 11) is 3.13. The summed E-state index contributed by atoms with van der Waals surface area (Å²) in [6.45, 7) is 0. The largest absolute Gasteiger partial charge is 0.493 e. The van der Waals surface area contributed by atoms with Crippen LogP contribution in [-0.2, 0) is 11.2 Å². The lowest BCUT2D eigenvalue weighted by Gasteiger charge is -2.10. The molecule has 0 aliphatic rings. The smallest absolute Gasteiger partial charge is 0.224 e. The molecule has 1 amide bonds.